The lowest BCUT2D eigenvalue weighted by Crippen LogP contribution is -2.32. The lowest BCUT2D eigenvalue weighted by molar-refractivity contribution is 0.0694. The zero-order valence-corrected chi connectivity index (χ0v) is 21.9. The second-order valence-corrected chi connectivity index (χ2v) is 12.0. The molecule has 2 aliphatic carbocycles. The van der Waals surface area contributed by atoms with Gasteiger partial charge in [0.25, 0.3) is 0 Å². The Labute approximate surface area is 218 Å². The molecule has 0 heterocycles. The molecule has 4 aromatic rings. The number of carboxylic acid groups (broad SMARTS) is 1. The normalized spacial score (nSPS) is 17.6. The van der Waals surface area contributed by atoms with Crippen molar-refractivity contribution in [3.63, 3.8) is 0 Å². The van der Waals surface area contributed by atoms with Crippen molar-refractivity contribution in [3.8, 4) is 11.5 Å². The van der Waals surface area contributed by atoms with Gasteiger partial charge in [-0.2, -0.15) is 0 Å². The molecule has 1 atom stereocenters. The SMILES string of the molecule is COc1ccc(P(c2ccc(OC)cc2)c2cccc3c2[C@]2(CCc4cccc(C(=O)O)c42)CC3)cc1. The Kier molecular flexibility index (Phi) is 6.01. The third kappa shape index (κ3) is 3.83. The van der Waals surface area contributed by atoms with E-state index in [2.05, 4.69) is 48.5 Å². The van der Waals surface area contributed by atoms with E-state index in [1.54, 1.807) is 20.3 Å². The molecule has 0 radical (unpaired) electrons. The van der Waals surface area contributed by atoms with Gasteiger partial charge in [-0.15, -0.1) is 0 Å². The Morgan fingerprint density at radius 3 is 1.76 bits per heavy atom. The van der Waals surface area contributed by atoms with Crippen LogP contribution in [-0.2, 0) is 18.3 Å². The number of methoxy groups -OCH3 is 2. The molecule has 37 heavy (non-hydrogen) atoms. The predicted octanol–water partition coefficient (Wildman–Crippen LogP) is 5.34. The number of aryl methyl sites for hydroxylation is 2. The number of ether oxygens (including phenoxy) is 2. The zero-order chi connectivity index (χ0) is 25.6. The van der Waals surface area contributed by atoms with E-state index in [-0.39, 0.29) is 5.41 Å². The first-order valence-electron chi connectivity index (χ1n) is 12.6. The van der Waals surface area contributed by atoms with Crippen molar-refractivity contribution >= 4 is 29.8 Å². The summed E-state index contributed by atoms with van der Waals surface area (Å²) < 4.78 is 10.9. The minimum Gasteiger partial charge on any atom is -0.497 e. The van der Waals surface area contributed by atoms with Crippen LogP contribution < -0.4 is 25.4 Å². The first-order valence-corrected chi connectivity index (χ1v) is 14.0. The van der Waals surface area contributed by atoms with Gasteiger partial charge in [0.2, 0.25) is 0 Å². The number of rotatable bonds is 6. The highest BCUT2D eigenvalue weighted by Gasteiger charge is 2.48. The predicted molar refractivity (Wildman–Crippen MR) is 149 cm³/mol. The van der Waals surface area contributed by atoms with Gasteiger partial charge in [-0.3, -0.25) is 0 Å². The maximum absolute atomic E-state index is 12.4. The highest BCUT2D eigenvalue weighted by molar-refractivity contribution is 7.80. The third-order valence-corrected chi connectivity index (χ3v) is 10.5. The first-order chi connectivity index (χ1) is 18.1. The van der Waals surface area contributed by atoms with Crippen molar-refractivity contribution in [2.45, 2.75) is 31.1 Å². The maximum atomic E-state index is 12.4. The van der Waals surface area contributed by atoms with Crippen LogP contribution in [0, 0.1) is 0 Å². The Morgan fingerprint density at radius 2 is 1.24 bits per heavy atom. The van der Waals surface area contributed by atoms with Crippen molar-refractivity contribution in [1.29, 1.82) is 0 Å². The first kappa shape index (κ1) is 23.8. The second kappa shape index (κ2) is 9.36. The van der Waals surface area contributed by atoms with Gasteiger partial charge in [-0.25, -0.2) is 4.79 Å². The lowest BCUT2D eigenvalue weighted by Gasteiger charge is -2.33. The molecule has 0 aromatic heterocycles. The fourth-order valence-electron chi connectivity index (χ4n) is 6.42. The molecule has 0 aliphatic heterocycles. The molecule has 0 unspecified atom stereocenters. The van der Waals surface area contributed by atoms with Crippen LogP contribution in [0.3, 0.4) is 0 Å². The van der Waals surface area contributed by atoms with E-state index in [0.29, 0.717) is 5.56 Å². The van der Waals surface area contributed by atoms with Gasteiger partial charge in [0.15, 0.2) is 0 Å². The molecule has 186 valence electrons. The number of fused-ring (bicyclic) bond motifs is 4. The summed E-state index contributed by atoms with van der Waals surface area (Å²) >= 11 is 0. The Hall–Kier alpha value is -3.62. The fourth-order valence-corrected chi connectivity index (χ4v) is 8.99. The summed E-state index contributed by atoms with van der Waals surface area (Å²) in [6.07, 6.45) is 3.77. The van der Waals surface area contributed by atoms with Gasteiger partial charge in [-0.1, -0.05) is 54.6 Å². The number of hydrogen-bond donors (Lipinski definition) is 1. The monoisotopic (exact) mass is 508 g/mol. The number of carboxylic acids is 1. The van der Waals surface area contributed by atoms with Gasteiger partial charge in [-0.05, 0) is 102 Å². The van der Waals surface area contributed by atoms with Crippen LogP contribution in [0.5, 0.6) is 11.5 Å². The average molecular weight is 509 g/mol. The second-order valence-electron chi connectivity index (χ2n) is 9.77. The highest BCUT2D eigenvalue weighted by Crippen LogP contribution is 2.55. The van der Waals surface area contributed by atoms with E-state index in [0.717, 1.165) is 42.7 Å². The van der Waals surface area contributed by atoms with E-state index < -0.39 is 13.9 Å². The smallest absolute Gasteiger partial charge is 0.336 e. The van der Waals surface area contributed by atoms with Crippen LogP contribution in [0.2, 0.25) is 0 Å². The summed E-state index contributed by atoms with van der Waals surface area (Å²) in [7, 11) is 2.48. The summed E-state index contributed by atoms with van der Waals surface area (Å²) in [5, 5.41) is 13.9. The minimum atomic E-state index is -0.898. The molecule has 0 saturated carbocycles. The molecular weight excluding hydrogens is 479 g/mol. The number of benzene rings is 4. The molecular formula is C32H29O4P. The molecule has 4 nitrogen and oxygen atoms in total. The van der Waals surface area contributed by atoms with Crippen molar-refractivity contribution in [1.82, 2.24) is 0 Å². The van der Waals surface area contributed by atoms with E-state index in [4.69, 9.17) is 9.47 Å². The molecule has 2 aliphatic rings. The van der Waals surface area contributed by atoms with E-state index in [1.165, 1.54) is 32.6 Å². The standard InChI is InChI=1S/C32H29O4P/c1-35-23-9-13-25(14-10-23)37(26-15-11-24(36-2)12-16-26)28-8-4-6-22-18-20-32(30(22)28)19-17-21-5-3-7-27(29(21)32)31(33)34/h3-16H,17-20H2,1-2H3,(H,33,34)/t32-/m1/s1. The summed E-state index contributed by atoms with van der Waals surface area (Å²) in [6, 6.07) is 29.3. The number of hydrogen-bond acceptors (Lipinski definition) is 3. The van der Waals surface area contributed by atoms with Gasteiger partial charge in [0.05, 0.1) is 19.8 Å². The van der Waals surface area contributed by atoms with Crippen molar-refractivity contribution in [2.24, 2.45) is 0 Å². The average Bonchev–Trinajstić information content (AvgIpc) is 3.51. The van der Waals surface area contributed by atoms with Gasteiger partial charge >= 0.3 is 5.97 Å². The molecule has 0 amide bonds. The van der Waals surface area contributed by atoms with Gasteiger partial charge in [0, 0.05) is 5.41 Å². The Bertz CT molecular complexity index is 1420. The number of carbonyl (C=O) groups is 1. The largest absolute Gasteiger partial charge is 0.497 e. The maximum Gasteiger partial charge on any atom is 0.336 e. The van der Waals surface area contributed by atoms with Gasteiger partial charge < -0.3 is 14.6 Å². The lowest BCUT2D eigenvalue weighted by atomic mass is 9.75. The van der Waals surface area contributed by atoms with Crippen LogP contribution in [0.1, 0.15) is 45.5 Å². The minimum absolute atomic E-state index is 0.268. The Balaban J connectivity index is 1.59. The third-order valence-electron chi connectivity index (χ3n) is 8.01. The van der Waals surface area contributed by atoms with Crippen LogP contribution in [0.4, 0.5) is 0 Å². The highest BCUT2D eigenvalue weighted by atomic mass is 31.1. The zero-order valence-electron chi connectivity index (χ0n) is 21.0. The quantitative estimate of drug-likeness (QED) is 0.358. The van der Waals surface area contributed by atoms with E-state index in [1.807, 2.05) is 30.3 Å². The fraction of sp³-hybridized carbons (Fsp3) is 0.219. The van der Waals surface area contributed by atoms with Crippen molar-refractivity contribution in [3.05, 3.63) is 113 Å². The van der Waals surface area contributed by atoms with E-state index in [9.17, 15) is 9.90 Å². The summed E-state index contributed by atoms with van der Waals surface area (Å²) in [4.78, 5) is 12.4. The van der Waals surface area contributed by atoms with Crippen LogP contribution >= 0.6 is 7.92 Å². The molecule has 1 N–H and O–H groups in total. The summed E-state index contributed by atoms with van der Waals surface area (Å²) in [6.45, 7) is 0. The molecule has 1 spiro atoms. The molecule has 6 rings (SSSR count). The van der Waals surface area contributed by atoms with Crippen LogP contribution in [0.15, 0.2) is 84.9 Å². The van der Waals surface area contributed by atoms with Crippen molar-refractivity contribution < 1.29 is 19.4 Å². The molecule has 0 bridgehead atoms. The van der Waals surface area contributed by atoms with E-state index >= 15 is 0 Å². The Morgan fingerprint density at radius 1 is 0.730 bits per heavy atom. The van der Waals surface area contributed by atoms with Crippen molar-refractivity contribution in [2.75, 3.05) is 14.2 Å². The molecule has 4 aromatic carbocycles. The summed E-state index contributed by atoms with van der Waals surface area (Å²) in [5.41, 5.74) is 5.10. The number of aromatic carboxylic acids is 1. The van der Waals surface area contributed by atoms with Crippen LogP contribution in [-0.4, -0.2) is 25.3 Å². The topological polar surface area (TPSA) is 55.8 Å². The molecule has 5 heteroatoms. The van der Waals surface area contributed by atoms with Crippen LogP contribution in [0.25, 0.3) is 0 Å². The molecule has 0 saturated heterocycles. The van der Waals surface area contributed by atoms with Gasteiger partial charge in [0.1, 0.15) is 11.5 Å². The summed E-state index contributed by atoms with van der Waals surface area (Å²) in [5.74, 6) is 0.828. The molecule has 0 fully saturated rings.